The molecule has 2 rings (SSSR count). The molecule has 1 atom stereocenters. The minimum atomic E-state index is 0. The molecule has 2 saturated heterocycles. The van der Waals surface area contributed by atoms with E-state index in [9.17, 15) is 0 Å². The summed E-state index contributed by atoms with van der Waals surface area (Å²) in [5.41, 5.74) is 0.456. The molecule has 2 fully saturated rings. The van der Waals surface area contributed by atoms with Crippen LogP contribution >= 0.6 is 24.0 Å². The maximum absolute atomic E-state index is 5.19. The van der Waals surface area contributed by atoms with E-state index in [1.165, 1.54) is 51.6 Å². The smallest absolute Gasteiger partial charge is 0.193 e. The van der Waals surface area contributed by atoms with Crippen molar-refractivity contribution >= 4 is 29.9 Å². The van der Waals surface area contributed by atoms with E-state index in [4.69, 9.17) is 4.74 Å². The number of halogens is 1. The van der Waals surface area contributed by atoms with Gasteiger partial charge in [-0.15, -0.1) is 24.0 Å². The Morgan fingerprint density at radius 3 is 2.62 bits per heavy atom. The molecule has 0 radical (unpaired) electrons. The van der Waals surface area contributed by atoms with E-state index in [0.29, 0.717) is 5.41 Å². The van der Waals surface area contributed by atoms with Crippen LogP contribution < -0.4 is 5.32 Å². The van der Waals surface area contributed by atoms with Gasteiger partial charge in [-0.3, -0.25) is 4.99 Å². The first-order valence-corrected chi connectivity index (χ1v) is 10.3. The summed E-state index contributed by atoms with van der Waals surface area (Å²) < 4.78 is 5.19. The number of nitrogens with zero attached hydrogens (tertiary/aromatic N) is 3. The van der Waals surface area contributed by atoms with E-state index in [2.05, 4.69) is 34.0 Å². The fraction of sp³-hybridized carbons (Fsp3) is 0.950. The molecule has 1 N–H and O–H groups in total. The fourth-order valence-corrected chi connectivity index (χ4v) is 4.51. The minimum Gasteiger partial charge on any atom is -0.383 e. The summed E-state index contributed by atoms with van der Waals surface area (Å²) in [6.45, 7) is 12.4. The Morgan fingerprint density at radius 2 is 2.00 bits per heavy atom. The van der Waals surface area contributed by atoms with Crippen molar-refractivity contribution in [3.8, 4) is 0 Å². The second kappa shape index (κ2) is 12.4. The second-order valence-electron chi connectivity index (χ2n) is 8.29. The first kappa shape index (κ1) is 24.0. The van der Waals surface area contributed by atoms with E-state index in [-0.39, 0.29) is 24.0 Å². The van der Waals surface area contributed by atoms with Gasteiger partial charge < -0.3 is 19.9 Å². The van der Waals surface area contributed by atoms with Crippen LogP contribution in [0, 0.1) is 11.3 Å². The molecule has 0 aromatic rings. The van der Waals surface area contributed by atoms with Gasteiger partial charge >= 0.3 is 0 Å². The molecule has 0 bridgehead atoms. The number of likely N-dealkylation sites (tertiary alicyclic amines) is 2. The van der Waals surface area contributed by atoms with Crippen molar-refractivity contribution in [1.29, 1.82) is 0 Å². The second-order valence-corrected chi connectivity index (χ2v) is 8.29. The Morgan fingerprint density at radius 1 is 1.27 bits per heavy atom. The monoisotopic (exact) mass is 480 g/mol. The zero-order valence-corrected chi connectivity index (χ0v) is 19.8. The highest BCUT2D eigenvalue weighted by molar-refractivity contribution is 14.0. The highest BCUT2D eigenvalue weighted by Crippen LogP contribution is 2.33. The van der Waals surface area contributed by atoms with Crippen LogP contribution in [0.4, 0.5) is 0 Å². The maximum Gasteiger partial charge on any atom is 0.193 e. The van der Waals surface area contributed by atoms with E-state index >= 15 is 0 Å². The first-order chi connectivity index (χ1) is 12.1. The van der Waals surface area contributed by atoms with Gasteiger partial charge in [0.2, 0.25) is 0 Å². The van der Waals surface area contributed by atoms with Crippen LogP contribution in [0.2, 0.25) is 0 Å². The molecule has 26 heavy (non-hydrogen) atoms. The maximum atomic E-state index is 5.19. The zero-order valence-electron chi connectivity index (χ0n) is 17.4. The van der Waals surface area contributed by atoms with Crippen molar-refractivity contribution in [3.05, 3.63) is 0 Å². The number of rotatable bonds is 7. The molecule has 2 aliphatic rings. The lowest BCUT2D eigenvalue weighted by molar-refractivity contribution is 0.119. The number of nitrogens with one attached hydrogen (secondary N) is 1. The summed E-state index contributed by atoms with van der Waals surface area (Å²) in [6.07, 6.45) is 7.80. The predicted molar refractivity (Wildman–Crippen MR) is 122 cm³/mol. The van der Waals surface area contributed by atoms with Gasteiger partial charge in [0, 0.05) is 40.3 Å². The number of hydrogen-bond donors (Lipinski definition) is 1. The lowest BCUT2D eigenvalue weighted by Crippen LogP contribution is -2.51. The van der Waals surface area contributed by atoms with Gasteiger partial charge in [-0.05, 0) is 56.5 Å². The SMILES string of the molecule is CCCC1(C)CCCN(C(=NC)NCC2CCN(CCOC)CC2)C1.I. The molecule has 0 aromatic heterocycles. The highest BCUT2D eigenvalue weighted by atomic mass is 127. The molecule has 2 heterocycles. The number of aliphatic imine (C=N–C) groups is 1. The Labute approximate surface area is 178 Å². The van der Waals surface area contributed by atoms with Crippen LogP contribution in [0.3, 0.4) is 0 Å². The van der Waals surface area contributed by atoms with Gasteiger partial charge in [-0.2, -0.15) is 0 Å². The summed E-state index contributed by atoms with van der Waals surface area (Å²) >= 11 is 0. The van der Waals surface area contributed by atoms with Crippen LogP contribution in [0.1, 0.15) is 52.4 Å². The Balaban J connectivity index is 0.00000338. The number of methoxy groups -OCH3 is 1. The molecule has 0 saturated carbocycles. The molecule has 0 amide bonds. The zero-order chi connectivity index (χ0) is 18.1. The van der Waals surface area contributed by atoms with Crippen molar-refractivity contribution < 1.29 is 4.74 Å². The van der Waals surface area contributed by atoms with Crippen LogP contribution in [-0.4, -0.2) is 75.8 Å². The normalized spacial score (nSPS) is 25.8. The van der Waals surface area contributed by atoms with Crippen molar-refractivity contribution in [1.82, 2.24) is 15.1 Å². The third-order valence-electron chi connectivity index (χ3n) is 6.01. The standard InChI is InChI=1S/C20H40N4O.HI/c1-5-9-20(2)10-6-11-24(17-20)19(21-3)22-16-18-7-12-23(13-8-18)14-15-25-4;/h18H,5-17H2,1-4H3,(H,21,22);1H. The Bertz CT molecular complexity index is 409. The molecular weight excluding hydrogens is 439 g/mol. The quantitative estimate of drug-likeness (QED) is 0.344. The van der Waals surface area contributed by atoms with Crippen LogP contribution in [-0.2, 0) is 4.74 Å². The lowest BCUT2D eigenvalue weighted by atomic mass is 9.78. The molecule has 5 nitrogen and oxygen atoms in total. The van der Waals surface area contributed by atoms with Gasteiger partial charge in [0.25, 0.3) is 0 Å². The lowest BCUT2D eigenvalue weighted by Gasteiger charge is -2.42. The molecule has 0 spiro atoms. The Kier molecular flexibility index (Phi) is 11.4. The van der Waals surface area contributed by atoms with Gasteiger partial charge in [-0.25, -0.2) is 0 Å². The number of guanidine groups is 1. The van der Waals surface area contributed by atoms with E-state index in [1.54, 1.807) is 7.11 Å². The molecular formula is C20H41IN4O. The average molecular weight is 480 g/mol. The van der Waals surface area contributed by atoms with Gasteiger partial charge in [0.05, 0.1) is 6.61 Å². The van der Waals surface area contributed by atoms with Crippen LogP contribution in [0.5, 0.6) is 0 Å². The number of piperidine rings is 2. The van der Waals surface area contributed by atoms with Gasteiger partial charge in [-0.1, -0.05) is 20.3 Å². The molecule has 154 valence electrons. The molecule has 6 heteroatoms. The molecule has 1 unspecified atom stereocenters. The number of hydrogen-bond acceptors (Lipinski definition) is 3. The minimum absolute atomic E-state index is 0. The van der Waals surface area contributed by atoms with E-state index < -0.39 is 0 Å². The van der Waals surface area contributed by atoms with Crippen molar-refractivity contribution in [2.24, 2.45) is 16.3 Å². The summed E-state index contributed by atoms with van der Waals surface area (Å²) in [5, 5.41) is 3.68. The first-order valence-electron chi connectivity index (χ1n) is 10.3. The fourth-order valence-electron chi connectivity index (χ4n) is 4.51. The predicted octanol–water partition coefficient (Wildman–Crippen LogP) is 3.44. The summed E-state index contributed by atoms with van der Waals surface area (Å²) in [4.78, 5) is 9.60. The summed E-state index contributed by atoms with van der Waals surface area (Å²) in [5.74, 6) is 1.88. The molecule has 0 aliphatic carbocycles. The third kappa shape index (κ3) is 7.50. The van der Waals surface area contributed by atoms with E-state index in [1.807, 2.05) is 7.05 Å². The topological polar surface area (TPSA) is 40.1 Å². The number of ether oxygens (including phenoxy) is 1. The van der Waals surface area contributed by atoms with Crippen LogP contribution in [0.25, 0.3) is 0 Å². The average Bonchev–Trinajstić information content (AvgIpc) is 2.61. The summed E-state index contributed by atoms with van der Waals surface area (Å²) in [7, 11) is 3.72. The highest BCUT2D eigenvalue weighted by Gasteiger charge is 2.31. The third-order valence-corrected chi connectivity index (χ3v) is 6.01. The largest absolute Gasteiger partial charge is 0.383 e. The molecule has 2 aliphatic heterocycles. The van der Waals surface area contributed by atoms with Gasteiger partial charge in [0.1, 0.15) is 0 Å². The molecule has 0 aromatic carbocycles. The van der Waals surface area contributed by atoms with Crippen molar-refractivity contribution in [2.45, 2.75) is 52.4 Å². The van der Waals surface area contributed by atoms with Gasteiger partial charge in [0.15, 0.2) is 5.96 Å². The van der Waals surface area contributed by atoms with E-state index in [0.717, 1.165) is 44.7 Å². The summed E-state index contributed by atoms with van der Waals surface area (Å²) in [6, 6.07) is 0. The van der Waals surface area contributed by atoms with Crippen molar-refractivity contribution in [2.75, 3.05) is 60.0 Å². The van der Waals surface area contributed by atoms with Crippen LogP contribution in [0.15, 0.2) is 4.99 Å². The van der Waals surface area contributed by atoms with Crippen molar-refractivity contribution in [3.63, 3.8) is 0 Å². The Hall–Kier alpha value is -0.0800.